The Balaban J connectivity index is 1.59. The van der Waals surface area contributed by atoms with Crippen LogP contribution in [0.4, 0.5) is 5.69 Å². The number of aromatic nitrogens is 3. The van der Waals surface area contributed by atoms with Gasteiger partial charge in [-0.3, -0.25) is 13.9 Å². The first kappa shape index (κ1) is 16.8. The van der Waals surface area contributed by atoms with Gasteiger partial charge in [0.2, 0.25) is 5.76 Å². The molecule has 2 heterocycles. The monoisotopic (exact) mass is 362 g/mol. The van der Waals surface area contributed by atoms with Crippen LogP contribution in [0, 0.1) is 6.92 Å². The van der Waals surface area contributed by atoms with Crippen LogP contribution in [0.3, 0.4) is 0 Å². The molecule has 136 valence electrons. The maximum Gasteiger partial charge on any atom is 0.328 e. The fourth-order valence-electron chi connectivity index (χ4n) is 3.02. The van der Waals surface area contributed by atoms with Crippen LogP contribution in [-0.4, -0.2) is 20.2 Å². The lowest BCUT2D eigenvalue weighted by Crippen LogP contribution is -2.19. The first-order valence-electron chi connectivity index (χ1n) is 8.44. The molecule has 2 aromatic carbocycles. The Morgan fingerprint density at radius 3 is 2.44 bits per heavy atom. The van der Waals surface area contributed by atoms with Crippen molar-refractivity contribution in [2.24, 2.45) is 14.1 Å². The Morgan fingerprint density at radius 2 is 1.70 bits per heavy atom. The molecule has 1 N–H and O–H groups in total. The van der Waals surface area contributed by atoms with Crippen LogP contribution in [0.5, 0.6) is 0 Å². The molecule has 2 aromatic heterocycles. The summed E-state index contributed by atoms with van der Waals surface area (Å²) in [6, 6.07) is 14.7. The molecule has 7 heteroatoms. The van der Waals surface area contributed by atoms with Crippen LogP contribution in [-0.2, 0) is 14.1 Å². The number of aryl methyl sites for hydroxylation is 3. The Hall–Kier alpha value is -3.61. The van der Waals surface area contributed by atoms with Gasteiger partial charge in [0, 0.05) is 31.4 Å². The fourth-order valence-corrected chi connectivity index (χ4v) is 3.02. The number of carbonyl (C=O) groups excluding carboxylic acids is 1. The SMILES string of the molecule is Cc1ccc(-c2cc(C(=O)Nc3ccc4c(c3)n(C)c(=O)n4C)on2)cc1. The lowest BCUT2D eigenvalue weighted by atomic mass is 10.1. The molecule has 1 amide bonds. The van der Waals surface area contributed by atoms with Crippen molar-refractivity contribution in [3.8, 4) is 11.3 Å². The summed E-state index contributed by atoms with van der Waals surface area (Å²) in [6.07, 6.45) is 0. The van der Waals surface area contributed by atoms with Crippen molar-refractivity contribution in [2.75, 3.05) is 5.32 Å². The molecule has 0 bridgehead atoms. The second kappa shape index (κ2) is 6.28. The first-order chi connectivity index (χ1) is 12.9. The van der Waals surface area contributed by atoms with E-state index in [1.165, 1.54) is 4.57 Å². The van der Waals surface area contributed by atoms with Crippen molar-refractivity contribution >= 4 is 22.6 Å². The van der Waals surface area contributed by atoms with Crippen LogP contribution in [0.25, 0.3) is 22.3 Å². The minimum Gasteiger partial charge on any atom is -0.350 e. The molecule has 4 aromatic rings. The molecular weight excluding hydrogens is 344 g/mol. The van der Waals surface area contributed by atoms with E-state index in [1.54, 1.807) is 42.9 Å². The van der Waals surface area contributed by atoms with Gasteiger partial charge in [-0.1, -0.05) is 35.0 Å². The highest BCUT2D eigenvalue weighted by Gasteiger charge is 2.15. The van der Waals surface area contributed by atoms with E-state index in [4.69, 9.17) is 4.52 Å². The lowest BCUT2D eigenvalue weighted by molar-refractivity contribution is 0.0988. The summed E-state index contributed by atoms with van der Waals surface area (Å²) in [5.74, 6) is -0.284. The Labute approximate surface area is 154 Å². The number of nitrogens with one attached hydrogen (secondary N) is 1. The number of rotatable bonds is 3. The number of hydrogen-bond donors (Lipinski definition) is 1. The predicted octanol–water partition coefficient (Wildman–Crippen LogP) is 3.09. The minimum absolute atomic E-state index is 0.118. The molecule has 0 atom stereocenters. The molecule has 0 saturated heterocycles. The van der Waals surface area contributed by atoms with Gasteiger partial charge in [0.1, 0.15) is 5.69 Å². The molecule has 0 aliphatic rings. The van der Waals surface area contributed by atoms with Crippen LogP contribution < -0.4 is 11.0 Å². The number of carbonyl (C=O) groups is 1. The molecule has 0 aliphatic heterocycles. The number of fused-ring (bicyclic) bond motifs is 1. The molecule has 4 rings (SSSR count). The highest BCUT2D eigenvalue weighted by atomic mass is 16.5. The average Bonchev–Trinajstić information content (AvgIpc) is 3.23. The van der Waals surface area contributed by atoms with E-state index in [1.807, 2.05) is 31.2 Å². The topological polar surface area (TPSA) is 82.1 Å². The zero-order valence-electron chi connectivity index (χ0n) is 15.2. The average molecular weight is 362 g/mol. The molecule has 0 aliphatic carbocycles. The molecule has 0 fully saturated rings. The van der Waals surface area contributed by atoms with Gasteiger partial charge in [-0.15, -0.1) is 0 Å². The van der Waals surface area contributed by atoms with E-state index >= 15 is 0 Å². The third-order valence-corrected chi connectivity index (χ3v) is 4.61. The van der Waals surface area contributed by atoms with Gasteiger partial charge in [-0.25, -0.2) is 4.79 Å². The Morgan fingerprint density at radius 1 is 1.00 bits per heavy atom. The zero-order chi connectivity index (χ0) is 19.1. The van der Waals surface area contributed by atoms with Crippen molar-refractivity contribution < 1.29 is 9.32 Å². The smallest absolute Gasteiger partial charge is 0.328 e. The summed E-state index contributed by atoms with van der Waals surface area (Å²) in [6.45, 7) is 2.00. The van der Waals surface area contributed by atoms with Crippen molar-refractivity contribution in [1.29, 1.82) is 0 Å². The molecule has 0 saturated carbocycles. The highest BCUT2D eigenvalue weighted by Crippen LogP contribution is 2.21. The largest absolute Gasteiger partial charge is 0.350 e. The first-order valence-corrected chi connectivity index (χ1v) is 8.44. The number of amides is 1. The fraction of sp³-hybridized carbons (Fsp3) is 0.150. The van der Waals surface area contributed by atoms with Crippen LogP contribution >= 0.6 is 0 Å². The number of benzene rings is 2. The molecular formula is C20H18N4O3. The van der Waals surface area contributed by atoms with Crippen molar-refractivity contribution in [3.63, 3.8) is 0 Å². The van der Waals surface area contributed by atoms with Gasteiger partial charge in [-0.2, -0.15) is 0 Å². The number of nitrogens with zero attached hydrogens (tertiary/aromatic N) is 3. The van der Waals surface area contributed by atoms with Gasteiger partial charge in [0.15, 0.2) is 0 Å². The molecule has 7 nitrogen and oxygen atoms in total. The summed E-state index contributed by atoms with van der Waals surface area (Å²) in [7, 11) is 3.41. The van der Waals surface area contributed by atoms with Gasteiger partial charge in [-0.05, 0) is 25.1 Å². The summed E-state index contributed by atoms with van der Waals surface area (Å²) >= 11 is 0. The standard InChI is InChI=1S/C20H18N4O3/c1-12-4-6-13(7-5-12)15-11-18(27-22-15)19(25)21-14-8-9-16-17(10-14)24(3)20(26)23(16)2/h4-11H,1-3H3,(H,21,25). The summed E-state index contributed by atoms with van der Waals surface area (Å²) < 4.78 is 8.29. The van der Waals surface area contributed by atoms with Crippen molar-refractivity contribution in [3.05, 3.63) is 70.3 Å². The summed E-state index contributed by atoms with van der Waals surface area (Å²) in [4.78, 5) is 24.5. The van der Waals surface area contributed by atoms with Crippen molar-refractivity contribution in [1.82, 2.24) is 14.3 Å². The van der Waals surface area contributed by atoms with Crippen molar-refractivity contribution in [2.45, 2.75) is 6.92 Å². The van der Waals surface area contributed by atoms with E-state index in [0.29, 0.717) is 11.4 Å². The number of hydrogen-bond acceptors (Lipinski definition) is 4. The second-order valence-corrected chi connectivity index (χ2v) is 6.50. The number of anilines is 1. The Bertz CT molecular complexity index is 1210. The number of imidazole rings is 1. The maximum atomic E-state index is 12.5. The second-order valence-electron chi connectivity index (χ2n) is 6.50. The summed E-state index contributed by atoms with van der Waals surface area (Å²) in [5.41, 5.74) is 4.60. The summed E-state index contributed by atoms with van der Waals surface area (Å²) in [5, 5.41) is 6.76. The lowest BCUT2D eigenvalue weighted by Gasteiger charge is -2.03. The molecule has 0 spiro atoms. The highest BCUT2D eigenvalue weighted by molar-refractivity contribution is 6.03. The van der Waals surface area contributed by atoms with Crippen LogP contribution in [0.15, 0.2) is 57.8 Å². The van der Waals surface area contributed by atoms with E-state index in [0.717, 1.165) is 22.2 Å². The van der Waals surface area contributed by atoms with Crippen LogP contribution in [0.2, 0.25) is 0 Å². The zero-order valence-corrected chi connectivity index (χ0v) is 15.2. The maximum absolute atomic E-state index is 12.5. The third kappa shape index (κ3) is 2.93. The predicted molar refractivity (Wildman–Crippen MR) is 103 cm³/mol. The molecule has 0 unspecified atom stereocenters. The van der Waals surface area contributed by atoms with E-state index in [2.05, 4.69) is 10.5 Å². The van der Waals surface area contributed by atoms with Gasteiger partial charge in [0.25, 0.3) is 5.91 Å². The normalized spacial score (nSPS) is 11.1. The van der Waals surface area contributed by atoms with E-state index < -0.39 is 5.91 Å². The molecule has 27 heavy (non-hydrogen) atoms. The van der Waals surface area contributed by atoms with Gasteiger partial charge >= 0.3 is 5.69 Å². The van der Waals surface area contributed by atoms with E-state index in [-0.39, 0.29) is 11.4 Å². The quantitative estimate of drug-likeness (QED) is 0.607. The van der Waals surface area contributed by atoms with Gasteiger partial charge in [0.05, 0.1) is 11.0 Å². The minimum atomic E-state index is -0.402. The van der Waals surface area contributed by atoms with Crippen LogP contribution in [0.1, 0.15) is 16.1 Å². The third-order valence-electron chi connectivity index (χ3n) is 4.61. The van der Waals surface area contributed by atoms with Gasteiger partial charge < -0.3 is 9.84 Å². The van der Waals surface area contributed by atoms with E-state index in [9.17, 15) is 9.59 Å². The molecule has 0 radical (unpaired) electrons. The Kier molecular flexibility index (Phi) is 3.92.